The number of piperidine rings is 1. The Morgan fingerprint density at radius 3 is 3.04 bits per heavy atom. The van der Waals surface area contributed by atoms with E-state index in [1.807, 2.05) is 36.1 Å². The van der Waals surface area contributed by atoms with Crippen LogP contribution in [0.5, 0.6) is 5.75 Å². The Bertz CT molecular complexity index is 966. The number of aryl methyl sites for hydroxylation is 2. The van der Waals surface area contributed by atoms with E-state index in [0.29, 0.717) is 29.7 Å². The van der Waals surface area contributed by atoms with Crippen molar-refractivity contribution < 1.29 is 14.1 Å². The van der Waals surface area contributed by atoms with Crippen molar-refractivity contribution in [2.45, 2.75) is 32.7 Å². The number of rotatable bonds is 5. The van der Waals surface area contributed by atoms with E-state index in [2.05, 4.69) is 20.5 Å². The fraction of sp³-hybridized carbons (Fsp3) is 0.421. The molecule has 0 bridgehead atoms. The smallest absolute Gasteiger partial charge is 0.260 e. The highest BCUT2D eigenvalue weighted by atomic mass is 16.5. The third kappa shape index (κ3) is 4.03. The van der Waals surface area contributed by atoms with E-state index in [9.17, 15) is 4.79 Å². The number of carbonyl (C=O) groups excluding carboxylic acids is 1. The van der Waals surface area contributed by atoms with Crippen LogP contribution in [0.3, 0.4) is 0 Å². The van der Waals surface area contributed by atoms with Crippen LogP contribution in [0, 0.1) is 13.8 Å². The molecule has 1 aliphatic rings. The van der Waals surface area contributed by atoms with Gasteiger partial charge in [-0.3, -0.25) is 4.79 Å². The number of aromatic nitrogens is 5. The topological polar surface area (TPSA) is 99.2 Å². The lowest BCUT2D eigenvalue weighted by atomic mass is 10.1. The van der Waals surface area contributed by atoms with Crippen molar-refractivity contribution in [3.63, 3.8) is 0 Å². The average molecular weight is 382 g/mol. The zero-order chi connectivity index (χ0) is 19.5. The Morgan fingerprint density at radius 1 is 1.36 bits per heavy atom. The van der Waals surface area contributed by atoms with Crippen LogP contribution < -0.4 is 4.74 Å². The summed E-state index contributed by atoms with van der Waals surface area (Å²) in [6, 6.07) is 7.75. The van der Waals surface area contributed by atoms with E-state index in [-0.39, 0.29) is 18.6 Å². The second kappa shape index (κ2) is 7.79. The molecule has 1 atom stereocenters. The third-order valence-electron chi connectivity index (χ3n) is 4.74. The first-order valence-electron chi connectivity index (χ1n) is 9.28. The highest BCUT2D eigenvalue weighted by molar-refractivity contribution is 5.77. The maximum Gasteiger partial charge on any atom is 0.260 e. The number of ether oxygens (including phenoxy) is 1. The van der Waals surface area contributed by atoms with Crippen molar-refractivity contribution >= 4 is 5.91 Å². The molecule has 9 nitrogen and oxygen atoms in total. The Labute approximate surface area is 162 Å². The van der Waals surface area contributed by atoms with Gasteiger partial charge in [0.2, 0.25) is 11.7 Å². The molecule has 4 rings (SSSR count). The number of benzene rings is 1. The molecule has 1 aromatic carbocycles. The summed E-state index contributed by atoms with van der Waals surface area (Å²) in [5, 5.41) is 12.2. The van der Waals surface area contributed by atoms with Gasteiger partial charge in [0.05, 0.1) is 12.2 Å². The van der Waals surface area contributed by atoms with Gasteiger partial charge in [0.1, 0.15) is 5.75 Å². The highest BCUT2D eigenvalue weighted by Crippen LogP contribution is 2.23. The zero-order valence-electron chi connectivity index (χ0n) is 15.9. The Hall–Kier alpha value is -3.23. The van der Waals surface area contributed by atoms with E-state index in [1.54, 1.807) is 17.8 Å². The quantitative estimate of drug-likeness (QED) is 0.667. The third-order valence-corrected chi connectivity index (χ3v) is 4.74. The van der Waals surface area contributed by atoms with Crippen molar-refractivity contribution in [3.8, 4) is 17.3 Å². The molecule has 2 aromatic heterocycles. The van der Waals surface area contributed by atoms with E-state index in [0.717, 1.165) is 24.9 Å². The van der Waals surface area contributed by atoms with Crippen LogP contribution in [0.1, 0.15) is 30.3 Å². The standard InChI is InChI=1S/C19H22N6O3/c1-13-5-3-7-16(9-13)27-12-18(26)24-8-4-6-15(10-24)25-11-17(21-23-25)19-20-14(2)28-22-19/h3,5,7,9,11,15H,4,6,8,10,12H2,1-2H3/t15-/m1/s1. The molecule has 9 heteroatoms. The Morgan fingerprint density at radius 2 is 2.25 bits per heavy atom. The molecule has 1 saturated heterocycles. The molecule has 28 heavy (non-hydrogen) atoms. The average Bonchev–Trinajstić information content (AvgIpc) is 3.35. The van der Waals surface area contributed by atoms with E-state index >= 15 is 0 Å². The SMILES string of the molecule is Cc1cccc(OCC(=O)N2CCC[C@@H](n3cc(-c4noc(C)n4)nn3)C2)c1. The molecule has 0 spiro atoms. The molecule has 1 amide bonds. The summed E-state index contributed by atoms with van der Waals surface area (Å²) in [6.45, 7) is 5.04. The molecule has 3 heterocycles. The molecule has 146 valence electrons. The van der Waals surface area contributed by atoms with Gasteiger partial charge < -0.3 is 14.2 Å². The first kappa shape index (κ1) is 18.1. The summed E-state index contributed by atoms with van der Waals surface area (Å²) in [5.74, 6) is 1.57. The van der Waals surface area contributed by atoms with Crippen molar-refractivity contribution in [3.05, 3.63) is 41.9 Å². The first-order chi connectivity index (χ1) is 13.6. The summed E-state index contributed by atoms with van der Waals surface area (Å²) in [6.07, 6.45) is 3.63. The van der Waals surface area contributed by atoms with Crippen molar-refractivity contribution in [1.29, 1.82) is 0 Å². The van der Waals surface area contributed by atoms with Gasteiger partial charge >= 0.3 is 0 Å². The monoisotopic (exact) mass is 382 g/mol. The Kier molecular flexibility index (Phi) is 5.05. The van der Waals surface area contributed by atoms with Crippen LogP contribution in [0.25, 0.3) is 11.5 Å². The van der Waals surface area contributed by atoms with Crippen molar-refractivity contribution in [1.82, 2.24) is 30.0 Å². The summed E-state index contributed by atoms with van der Waals surface area (Å²) < 4.78 is 12.4. The van der Waals surface area contributed by atoms with Crippen LogP contribution >= 0.6 is 0 Å². The van der Waals surface area contributed by atoms with Gasteiger partial charge in [-0.15, -0.1) is 5.10 Å². The summed E-state index contributed by atoms with van der Waals surface area (Å²) >= 11 is 0. The van der Waals surface area contributed by atoms with Gasteiger partial charge in [-0.2, -0.15) is 4.98 Å². The normalized spacial score (nSPS) is 16.9. The highest BCUT2D eigenvalue weighted by Gasteiger charge is 2.26. The maximum absolute atomic E-state index is 12.6. The molecule has 0 unspecified atom stereocenters. The minimum absolute atomic E-state index is 0.0275. The summed E-state index contributed by atoms with van der Waals surface area (Å²) in [7, 11) is 0. The largest absolute Gasteiger partial charge is 0.484 e. The Balaban J connectivity index is 1.37. The molecular formula is C19H22N6O3. The predicted molar refractivity (Wildman–Crippen MR) is 99.6 cm³/mol. The minimum atomic E-state index is -0.0275. The fourth-order valence-corrected chi connectivity index (χ4v) is 3.30. The lowest BCUT2D eigenvalue weighted by Gasteiger charge is -2.32. The van der Waals surface area contributed by atoms with Gasteiger partial charge in [0.15, 0.2) is 12.3 Å². The minimum Gasteiger partial charge on any atom is -0.484 e. The maximum atomic E-state index is 12.6. The van der Waals surface area contributed by atoms with Crippen LogP contribution in [0.2, 0.25) is 0 Å². The fourth-order valence-electron chi connectivity index (χ4n) is 3.30. The van der Waals surface area contributed by atoms with Crippen molar-refractivity contribution in [2.75, 3.05) is 19.7 Å². The van der Waals surface area contributed by atoms with Gasteiger partial charge in [-0.1, -0.05) is 22.5 Å². The number of amides is 1. The molecule has 0 N–H and O–H groups in total. The van der Waals surface area contributed by atoms with E-state index < -0.39 is 0 Å². The summed E-state index contributed by atoms with van der Waals surface area (Å²) in [5.41, 5.74) is 1.66. The molecular weight excluding hydrogens is 360 g/mol. The van der Waals surface area contributed by atoms with Gasteiger partial charge in [0.25, 0.3) is 5.91 Å². The van der Waals surface area contributed by atoms with Gasteiger partial charge in [-0.05, 0) is 37.5 Å². The lowest BCUT2D eigenvalue weighted by molar-refractivity contribution is -0.135. The number of nitrogens with zero attached hydrogens (tertiary/aromatic N) is 6. The van der Waals surface area contributed by atoms with Crippen molar-refractivity contribution in [2.24, 2.45) is 0 Å². The molecule has 0 radical (unpaired) electrons. The number of hydrogen-bond acceptors (Lipinski definition) is 7. The molecule has 1 aliphatic heterocycles. The number of hydrogen-bond donors (Lipinski definition) is 0. The van der Waals surface area contributed by atoms with Crippen LogP contribution in [-0.2, 0) is 4.79 Å². The predicted octanol–water partition coefficient (Wildman–Crippen LogP) is 2.19. The van der Waals surface area contributed by atoms with E-state index in [4.69, 9.17) is 9.26 Å². The first-order valence-corrected chi connectivity index (χ1v) is 9.28. The van der Waals surface area contributed by atoms with E-state index in [1.165, 1.54) is 0 Å². The van der Waals surface area contributed by atoms with Gasteiger partial charge in [-0.25, -0.2) is 4.68 Å². The molecule has 0 saturated carbocycles. The molecule has 3 aromatic rings. The molecule has 1 fully saturated rings. The van der Waals surface area contributed by atoms with Crippen LogP contribution in [0.4, 0.5) is 0 Å². The van der Waals surface area contributed by atoms with Crippen LogP contribution in [-0.4, -0.2) is 55.6 Å². The lowest BCUT2D eigenvalue weighted by Crippen LogP contribution is -2.43. The zero-order valence-corrected chi connectivity index (χ0v) is 15.9. The van der Waals surface area contributed by atoms with Crippen LogP contribution in [0.15, 0.2) is 35.0 Å². The summed E-state index contributed by atoms with van der Waals surface area (Å²) in [4.78, 5) is 18.6. The number of likely N-dealkylation sites (tertiary alicyclic amines) is 1. The van der Waals surface area contributed by atoms with Gasteiger partial charge in [0, 0.05) is 20.0 Å². The second-order valence-corrected chi connectivity index (χ2v) is 6.96. The second-order valence-electron chi connectivity index (χ2n) is 6.96. The molecule has 0 aliphatic carbocycles. The number of carbonyl (C=O) groups is 1.